The molecule has 2 atom stereocenters. The van der Waals surface area contributed by atoms with E-state index in [1.807, 2.05) is 4.90 Å². The lowest BCUT2D eigenvalue weighted by Crippen LogP contribution is -2.33. The standard InChI is InChI=1S/C18H20N4O3S.ClH/c23-18(21-6-4-13-9-19-10-14(13)5-7-21)16-11-26-17(20-16)12-2-1-3-15(8-12)22(24)25;/h1-3,8,11,13-14,19H,4-7,9-10H2;1H/t13-,14+;. The number of nitrogens with zero attached hydrogens (tertiary/aromatic N) is 3. The fourth-order valence-corrected chi connectivity index (χ4v) is 4.63. The average Bonchev–Trinajstić information content (AvgIpc) is 3.27. The molecular formula is C18H21ClN4O3S. The second kappa shape index (κ2) is 8.33. The van der Waals surface area contributed by atoms with Crippen LogP contribution in [0.5, 0.6) is 0 Å². The molecule has 2 aliphatic heterocycles. The maximum atomic E-state index is 12.8. The van der Waals surface area contributed by atoms with Gasteiger partial charge >= 0.3 is 0 Å². The molecule has 7 nitrogen and oxygen atoms in total. The third-order valence-corrected chi connectivity index (χ3v) is 6.23. The number of thiazole rings is 1. The minimum atomic E-state index is -0.424. The van der Waals surface area contributed by atoms with Crippen LogP contribution >= 0.6 is 23.7 Å². The molecule has 0 saturated carbocycles. The summed E-state index contributed by atoms with van der Waals surface area (Å²) in [4.78, 5) is 29.7. The number of nitrogens with one attached hydrogen (secondary N) is 1. The van der Waals surface area contributed by atoms with Crippen LogP contribution in [0.15, 0.2) is 29.6 Å². The van der Waals surface area contributed by atoms with Crippen LogP contribution < -0.4 is 5.32 Å². The summed E-state index contributed by atoms with van der Waals surface area (Å²) in [6.07, 6.45) is 2.07. The highest BCUT2D eigenvalue weighted by Gasteiger charge is 2.32. The number of nitro benzene ring substituents is 1. The van der Waals surface area contributed by atoms with Gasteiger partial charge in [0, 0.05) is 36.2 Å². The van der Waals surface area contributed by atoms with Crippen LogP contribution in [-0.2, 0) is 0 Å². The third kappa shape index (κ3) is 4.12. The molecule has 27 heavy (non-hydrogen) atoms. The molecule has 1 N–H and O–H groups in total. The van der Waals surface area contributed by atoms with Gasteiger partial charge in [-0.25, -0.2) is 4.98 Å². The number of aromatic nitrogens is 1. The number of halogens is 1. The summed E-state index contributed by atoms with van der Waals surface area (Å²) >= 11 is 1.35. The van der Waals surface area contributed by atoms with Crippen LogP contribution in [0.4, 0.5) is 5.69 Å². The molecule has 2 aliphatic rings. The van der Waals surface area contributed by atoms with Crippen molar-refractivity contribution in [1.82, 2.24) is 15.2 Å². The first-order chi connectivity index (χ1) is 12.6. The molecule has 144 valence electrons. The molecule has 0 spiro atoms. The van der Waals surface area contributed by atoms with Gasteiger partial charge in [0.05, 0.1) is 4.92 Å². The van der Waals surface area contributed by atoms with Crippen molar-refractivity contribution in [2.75, 3.05) is 26.2 Å². The first kappa shape index (κ1) is 19.7. The number of hydrogen-bond donors (Lipinski definition) is 1. The average molecular weight is 409 g/mol. The lowest BCUT2D eigenvalue weighted by molar-refractivity contribution is -0.384. The van der Waals surface area contributed by atoms with E-state index in [0.717, 1.165) is 39.0 Å². The van der Waals surface area contributed by atoms with E-state index in [9.17, 15) is 14.9 Å². The molecular weight excluding hydrogens is 388 g/mol. The molecule has 1 aromatic heterocycles. The number of fused-ring (bicyclic) bond motifs is 1. The minimum Gasteiger partial charge on any atom is -0.337 e. The van der Waals surface area contributed by atoms with Gasteiger partial charge in [0.25, 0.3) is 11.6 Å². The van der Waals surface area contributed by atoms with Gasteiger partial charge < -0.3 is 10.2 Å². The Morgan fingerprint density at radius 1 is 1.26 bits per heavy atom. The molecule has 1 aromatic carbocycles. The van der Waals surface area contributed by atoms with Crippen molar-refractivity contribution in [2.45, 2.75) is 12.8 Å². The summed E-state index contributed by atoms with van der Waals surface area (Å²) in [5.74, 6) is 1.30. The van der Waals surface area contributed by atoms with Gasteiger partial charge in [-0.3, -0.25) is 14.9 Å². The minimum absolute atomic E-state index is 0. The van der Waals surface area contributed by atoms with E-state index >= 15 is 0 Å². The molecule has 4 rings (SSSR count). The van der Waals surface area contributed by atoms with Crippen molar-refractivity contribution in [3.63, 3.8) is 0 Å². The summed E-state index contributed by atoms with van der Waals surface area (Å²) in [7, 11) is 0. The van der Waals surface area contributed by atoms with E-state index in [1.54, 1.807) is 17.5 Å². The Hall–Kier alpha value is -2.03. The molecule has 2 aromatic rings. The normalized spacial score (nSPS) is 21.9. The summed E-state index contributed by atoms with van der Waals surface area (Å²) < 4.78 is 0. The van der Waals surface area contributed by atoms with E-state index in [1.165, 1.54) is 23.5 Å². The lowest BCUT2D eigenvalue weighted by Gasteiger charge is -2.19. The van der Waals surface area contributed by atoms with Crippen molar-refractivity contribution in [1.29, 1.82) is 0 Å². The van der Waals surface area contributed by atoms with Gasteiger partial charge in [-0.05, 0) is 37.8 Å². The number of non-ortho nitro benzene ring substituents is 1. The Bertz CT molecular complexity index is 830. The van der Waals surface area contributed by atoms with E-state index in [2.05, 4.69) is 10.3 Å². The second-order valence-corrected chi connectivity index (χ2v) is 7.75. The molecule has 3 heterocycles. The molecule has 9 heteroatoms. The summed E-state index contributed by atoms with van der Waals surface area (Å²) in [5.41, 5.74) is 1.12. The van der Waals surface area contributed by atoms with Crippen LogP contribution in [0.1, 0.15) is 23.3 Å². The third-order valence-electron chi connectivity index (χ3n) is 5.33. The van der Waals surface area contributed by atoms with Crippen LogP contribution in [0, 0.1) is 22.0 Å². The number of carbonyl (C=O) groups excluding carboxylic acids is 1. The first-order valence-corrected chi connectivity index (χ1v) is 9.70. The van der Waals surface area contributed by atoms with Crippen LogP contribution in [0.3, 0.4) is 0 Å². The highest BCUT2D eigenvalue weighted by atomic mass is 35.5. The quantitative estimate of drug-likeness (QED) is 0.622. The SMILES string of the molecule is Cl.O=C(c1csc(-c2cccc([N+](=O)[O-])c2)n1)N1CC[C@@H]2CNC[C@@H]2CC1. The zero-order valence-corrected chi connectivity index (χ0v) is 16.3. The Morgan fingerprint density at radius 2 is 1.96 bits per heavy atom. The summed E-state index contributed by atoms with van der Waals surface area (Å²) in [6, 6.07) is 6.36. The zero-order chi connectivity index (χ0) is 18.1. The fourth-order valence-electron chi connectivity index (χ4n) is 3.84. The van der Waals surface area contributed by atoms with Crippen molar-refractivity contribution < 1.29 is 9.72 Å². The number of carbonyl (C=O) groups is 1. The maximum absolute atomic E-state index is 12.8. The number of nitro groups is 1. The van der Waals surface area contributed by atoms with Gasteiger partial charge in [0.1, 0.15) is 10.7 Å². The van der Waals surface area contributed by atoms with Crippen LogP contribution in [0.2, 0.25) is 0 Å². The van der Waals surface area contributed by atoms with E-state index in [4.69, 9.17) is 0 Å². The van der Waals surface area contributed by atoms with Crippen molar-refractivity contribution in [3.8, 4) is 10.6 Å². The highest BCUT2D eigenvalue weighted by molar-refractivity contribution is 7.13. The topological polar surface area (TPSA) is 88.4 Å². The zero-order valence-electron chi connectivity index (χ0n) is 14.7. The van der Waals surface area contributed by atoms with E-state index in [0.29, 0.717) is 28.1 Å². The molecule has 1 amide bonds. The van der Waals surface area contributed by atoms with E-state index < -0.39 is 4.92 Å². The maximum Gasteiger partial charge on any atom is 0.273 e. The number of benzene rings is 1. The first-order valence-electron chi connectivity index (χ1n) is 8.82. The van der Waals surface area contributed by atoms with Gasteiger partial charge in [-0.2, -0.15) is 0 Å². The fraction of sp³-hybridized carbons (Fsp3) is 0.444. The van der Waals surface area contributed by atoms with Gasteiger partial charge in [-0.15, -0.1) is 23.7 Å². The van der Waals surface area contributed by atoms with Crippen molar-refractivity contribution in [3.05, 3.63) is 45.5 Å². The van der Waals surface area contributed by atoms with E-state index in [-0.39, 0.29) is 24.0 Å². The Labute approximate surface area is 167 Å². The Morgan fingerprint density at radius 3 is 2.63 bits per heavy atom. The molecule has 0 bridgehead atoms. The molecule has 0 radical (unpaired) electrons. The molecule has 0 aliphatic carbocycles. The van der Waals surface area contributed by atoms with Gasteiger partial charge in [0.15, 0.2) is 0 Å². The van der Waals surface area contributed by atoms with Gasteiger partial charge in [-0.1, -0.05) is 12.1 Å². The van der Waals surface area contributed by atoms with Gasteiger partial charge in [0.2, 0.25) is 0 Å². The second-order valence-electron chi connectivity index (χ2n) is 6.89. The Balaban J connectivity index is 0.00000210. The monoisotopic (exact) mass is 408 g/mol. The smallest absolute Gasteiger partial charge is 0.273 e. The lowest BCUT2D eigenvalue weighted by atomic mass is 9.92. The highest BCUT2D eigenvalue weighted by Crippen LogP contribution is 2.30. The van der Waals surface area contributed by atoms with Crippen LogP contribution in [-0.4, -0.2) is 46.9 Å². The van der Waals surface area contributed by atoms with Crippen LogP contribution in [0.25, 0.3) is 10.6 Å². The number of likely N-dealkylation sites (tertiary alicyclic amines) is 1. The summed E-state index contributed by atoms with van der Waals surface area (Å²) in [6.45, 7) is 3.65. The number of amides is 1. The molecule has 2 saturated heterocycles. The largest absolute Gasteiger partial charge is 0.337 e. The molecule has 0 unspecified atom stereocenters. The summed E-state index contributed by atoms with van der Waals surface area (Å²) in [5, 5.41) is 16.8. The predicted molar refractivity (Wildman–Crippen MR) is 106 cm³/mol. The van der Waals surface area contributed by atoms with Crippen molar-refractivity contribution in [2.24, 2.45) is 11.8 Å². The number of hydrogen-bond acceptors (Lipinski definition) is 6. The number of rotatable bonds is 3. The Kier molecular flexibility index (Phi) is 6.08. The predicted octanol–water partition coefficient (Wildman–Crippen LogP) is 3.21. The van der Waals surface area contributed by atoms with Crippen molar-refractivity contribution >= 4 is 35.3 Å². The molecule has 2 fully saturated rings.